The van der Waals surface area contributed by atoms with Gasteiger partial charge in [-0.3, -0.25) is 0 Å². The van der Waals surface area contributed by atoms with Crippen molar-refractivity contribution in [2.24, 2.45) is 5.92 Å². The molecule has 0 aromatic heterocycles. The maximum Gasteiger partial charge on any atom is 0.146 e. The SMILES string of the molecule is CC1CSC(C=O)(C(C)C)S1. The molecule has 11 heavy (non-hydrogen) atoms. The minimum absolute atomic E-state index is 0.139. The van der Waals surface area contributed by atoms with Crippen LogP contribution in [0, 0.1) is 5.92 Å². The van der Waals surface area contributed by atoms with E-state index >= 15 is 0 Å². The normalized spacial score (nSPS) is 38.0. The smallest absolute Gasteiger partial charge is 0.146 e. The van der Waals surface area contributed by atoms with Crippen molar-refractivity contribution in [3.05, 3.63) is 0 Å². The van der Waals surface area contributed by atoms with Gasteiger partial charge in [-0.2, -0.15) is 0 Å². The van der Waals surface area contributed by atoms with Gasteiger partial charge in [-0.15, -0.1) is 23.5 Å². The van der Waals surface area contributed by atoms with Gasteiger partial charge in [-0.05, 0) is 5.92 Å². The van der Waals surface area contributed by atoms with Crippen LogP contribution >= 0.6 is 23.5 Å². The molecule has 1 aliphatic heterocycles. The fourth-order valence-electron chi connectivity index (χ4n) is 1.13. The molecule has 1 rings (SSSR count). The van der Waals surface area contributed by atoms with Crippen LogP contribution in [-0.4, -0.2) is 21.4 Å². The molecule has 1 fully saturated rings. The third kappa shape index (κ3) is 1.75. The van der Waals surface area contributed by atoms with Gasteiger partial charge in [0.25, 0.3) is 0 Å². The predicted molar refractivity (Wildman–Crippen MR) is 53.1 cm³/mol. The molecule has 1 heterocycles. The van der Waals surface area contributed by atoms with E-state index in [1.807, 2.05) is 11.8 Å². The summed E-state index contributed by atoms with van der Waals surface area (Å²) in [4.78, 5) is 10.9. The van der Waals surface area contributed by atoms with Crippen LogP contribution in [0.1, 0.15) is 20.8 Å². The average Bonchev–Trinajstić information content (AvgIpc) is 2.33. The molecule has 1 aliphatic rings. The molecule has 1 nitrogen and oxygen atoms in total. The lowest BCUT2D eigenvalue weighted by Crippen LogP contribution is -2.26. The second-order valence-corrected chi connectivity index (χ2v) is 6.51. The topological polar surface area (TPSA) is 17.1 Å². The minimum atomic E-state index is -0.139. The van der Waals surface area contributed by atoms with E-state index in [1.54, 1.807) is 11.8 Å². The van der Waals surface area contributed by atoms with E-state index < -0.39 is 0 Å². The van der Waals surface area contributed by atoms with E-state index in [0.717, 1.165) is 12.0 Å². The third-order valence-corrected chi connectivity index (χ3v) is 5.94. The third-order valence-electron chi connectivity index (χ3n) is 1.90. The first-order chi connectivity index (χ1) is 5.10. The van der Waals surface area contributed by atoms with Crippen LogP contribution < -0.4 is 0 Å². The number of hydrogen-bond donors (Lipinski definition) is 0. The van der Waals surface area contributed by atoms with Crippen LogP contribution in [0.5, 0.6) is 0 Å². The molecule has 1 saturated heterocycles. The first kappa shape index (κ1) is 9.46. The molecule has 0 amide bonds. The van der Waals surface area contributed by atoms with E-state index in [2.05, 4.69) is 20.8 Å². The Morgan fingerprint density at radius 3 is 2.45 bits per heavy atom. The van der Waals surface area contributed by atoms with Gasteiger partial charge in [-0.25, -0.2) is 0 Å². The Hall–Kier alpha value is 0.370. The van der Waals surface area contributed by atoms with Gasteiger partial charge in [0.05, 0.1) is 0 Å². The predicted octanol–water partition coefficient (Wildman–Crippen LogP) is 2.41. The van der Waals surface area contributed by atoms with Crippen molar-refractivity contribution in [3.8, 4) is 0 Å². The molecule has 0 bridgehead atoms. The highest BCUT2D eigenvalue weighted by Gasteiger charge is 2.41. The summed E-state index contributed by atoms with van der Waals surface area (Å²) < 4.78 is -0.139. The summed E-state index contributed by atoms with van der Waals surface area (Å²) in [7, 11) is 0. The molecule has 0 aromatic rings. The van der Waals surface area contributed by atoms with E-state index in [1.165, 1.54) is 0 Å². The van der Waals surface area contributed by atoms with Gasteiger partial charge in [0.1, 0.15) is 10.4 Å². The highest BCUT2D eigenvalue weighted by atomic mass is 32.2. The second kappa shape index (κ2) is 3.40. The Kier molecular flexibility index (Phi) is 2.92. The van der Waals surface area contributed by atoms with Crippen LogP contribution in [0.4, 0.5) is 0 Å². The molecule has 0 N–H and O–H groups in total. The molecule has 2 unspecified atom stereocenters. The largest absolute Gasteiger partial charge is 0.301 e. The van der Waals surface area contributed by atoms with Gasteiger partial charge in [0.2, 0.25) is 0 Å². The molecule has 0 saturated carbocycles. The van der Waals surface area contributed by atoms with E-state index in [9.17, 15) is 4.79 Å². The zero-order valence-corrected chi connectivity index (χ0v) is 8.80. The average molecular weight is 190 g/mol. The van der Waals surface area contributed by atoms with Gasteiger partial charge in [0.15, 0.2) is 0 Å². The van der Waals surface area contributed by atoms with Crippen LogP contribution in [-0.2, 0) is 4.79 Å². The summed E-state index contributed by atoms with van der Waals surface area (Å²) in [6, 6.07) is 0. The van der Waals surface area contributed by atoms with Crippen LogP contribution in [0.2, 0.25) is 0 Å². The first-order valence-corrected chi connectivity index (χ1v) is 5.75. The van der Waals surface area contributed by atoms with E-state index in [-0.39, 0.29) is 4.08 Å². The minimum Gasteiger partial charge on any atom is -0.301 e. The monoisotopic (exact) mass is 190 g/mol. The zero-order valence-electron chi connectivity index (χ0n) is 7.16. The van der Waals surface area contributed by atoms with Crippen molar-refractivity contribution in [1.29, 1.82) is 0 Å². The lowest BCUT2D eigenvalue weighted by molar-refractivity contribution is -0.108. The van der Waals surface area contributed by atoms with Gasteiger partial charge >= 0.3 is 0 Å². The highest BCUT2D eigenvalue weighted by Crippen LogP contribution is 2.50. The molecular formula is C8H14OS2. The Balaban J connectivity index is 2.70. The molecular weight excluding hydrogens is 176 g/mol. The Labute approximate surface area is 76.7 Å². The molecule has 2 atom stereocenters. The molecule has 3 heteroatoms. The Bertz CT molecular complexity index is 158. The van der Waals surface area contributed by atoms with Crippen LogP contribution in [0.3, 0.4) is 0 Å². The number of hydrogen-bond acceptors (Lipinski definition) is 3. The Morgan fingerprint density at radius 2 is 2.27 bits per heavy atom. The van der Waals surface area contributed by atoms with Gasteiger partial charge in [0, 0.05) is 11.0 Å². The maximum atomic E-state index is 10.9. The van der Waals surface area contributed by atoms with Crippen molar-refractivity contribution < 1.29 is 4.79 Å². The standard InChI is InChI=1S/C8H14OS2/c1-6(2)8(5-9)10-4-7(3)11-8/h5-7H,4H2,1-3H3. The fraction of sp³-hybridized carbons (Fsp3) is 0.875. The number of carbonyl (C=O) groups is 1. The van der Waals surface area contributed by atoms with Crippen molar-refractivity contribution in [2.45, 2.75) is 30.1 Å². The molecule has 0 spiro atoms. The molecule has 0 aromatic carbocycles. The maximum absolute atomic E-state index is 10.9. The van der Waals surface area contributed by atoms with Crippen molar-refractivity contribution in [1.82, 2.24) is 0 Å². The number of carbonyl (C=O) groups excluding carboxylic acids is 1. The Morgan fingerprint density at radius 1 is 1.64 bits per heavy atom. The van der Waals surface area contributed by atoms with Gasteiger partial charge < -0.3 is 4.79 Å². The number of rotatable bonds is 2. The van der Waals surface area contributed by atoms with Gasteiger partial charge in [-0.1, -0.05) is 20.8 Å². The lowest BCUT2D eigenvalue weighted by Gasteiger charge is -2.24. The molecule has 0 aliphatic carbocycles. The second-order valence-electron chi connectivity index (χ2n) is 3.23. The van der Waals surface area contributed by atoms with Crippen LogP contribution in [0.25, 0.3) is 0 Å². The number of aldehydes is 1. The van der Waals surface area contributed by atoms with Crippen LogP contribution in [0.15, 0.2) is 0 Å². The number of thioether (sulfide) groups is 2. The molecule has 64 valence electrons. The first-order valence-electron chi connectivity index (χ1n) is 3.89. The van der Waals surface area contributed by atoms with E-state index in [0.29, 0.717) is 11.2 Å². The highest BCUT2D eigenvalue weighted by molar-refractivity contribution is 8.22. The zero-order chi connectivity index (χ0) is 8.48. The summed E-state index contributed by atoms with van der Waals surface area (Å²) in [6.07, 6.45) is 1.12. The van der Waals surface area contributed by atoms with E-state index in [4.69, 9.17) is 0 Å². The molecule has 0 radical (unpaired) electrons. The summed E-state index contributed by atoms with van der Waals surface area (Å²) in [5.41, 5.74) is 0. The fourth-order valence-corrected chi connectivity index (χ4v) is 4.43. The summed E-state index contributed by atoms with van der Waals surface area (Å²) >= 11 is 3.62. The van der Waals surface area contributed by atoms with Crippen molar-refractivity contribution in [3.63, 3.8) is 0 Å². The summed E-state index contributed by atoms with van der Waals surface area (Å²) in [6.45, 7) is 6.42. The van der Waals surface area contributed by atoms with Crippen molar-refractivity contribution in [2.75, 3.05) is 5.75 Å². The summed E-state index contributed by atoms with van der Waals surface area (Å²) in [5.74, 6) is 1.56. The quantitative estimate of drug-likeness (QED) is 0.622. The lowest BCUT2D eigenvalue weighted by atomic mass is 10.1. The van der Waals surface area contributed by atoms with Crippen molar-refractivity contribution >= 4 is 29.8 Å². The summed E-state index contributed by atoms with van der Waals surface area (Å²) in [5, 5.41) is 0.632.